The van der Waals surface area contributed by atoms with Gasteiger partial charge in [-0.1, -0.05) is 25.5 Å². The monoisotopic (exact) mass is 212 g/mol. The minimum atomic E-state index is -1.06. The summed E-state index contributed by atoms with van der Waals surface area (Å²) in [5, 5.41) is 0. The summed E-state index contributed by atoms with van der Waals surface area (Å²) in [7, 11) is 0. The van der Waals surface area contributed by atoms with Gasteiger partial charge in [0.15, 0.2) is 0 Å². The maximum absolute atomic E-state index is 11.3. The van der Waals surface area contributed by atoms with Crippen LogP contribution >= 0.6 is 0 Å². The molecule has 0 saturated heterocycles. The lowest BCUT2D eigenvalue weighted by Gasteiger charge is -2.26. The van der Waals surface area contributed by atoms with Gasteiger partial charge in [0.25, 0.3) is 0 Å². The fourth-order valence-electron chi connectivity index (χ4n) is 1.53. The minimum absolute atomic E-state index is 0.486. The molecule has 0 aliphatic carbocycles. The Labute approximate surface area is 88.9 Å². The van der Waals surface area contributed by atoms with E-state index < -0.39 is 12.2 Å². The molecule has 2 amide bonds. The zero-order valence-electron chi connectivity index (χ0n) is 9.03. The van der Waals surface area contributed by atoms with Crippen LogP contribution in [0.4, 0.5) is 9.59 Å². The number of primary amides is 1. The van der Waals surface area contributed by atoms with Crippen LogP contribution in [0.5, 0.6) is 0 Å². The molecule has 15 heavy (non-hydrogen) atoms. The molecule has 0 aromatic rings. The summed E-state index contributed by atoms with van der Waals surface area (Å²) < 4.78 is 4.28. The SMILES string of the molecule is CC(C)C1=CCN(C(=O)OC(N)=O)CC1. The van der Waals surface area contributed by atoms with Gasteiger partial charge in [-0.3, -0.25) is 0 Å². The number of carbonyl (C=O) groups excluding carboxylic acids is 2. The van der Waals surface area contributed by atoms with E-state index in [9.17, 15) is 9.59 Å². The van der Waals surface area contributed by atoms with Crippen LogP contribution in [0.1, 0.15) is 20.3 Å². The second-order valence-corrected chi connectivity index (χ2v) is 3.82. The largest absolute Gasteiger partial charge is 0.419 e. The molecule has 1 rings (SSSR count). The molecule has 0 unspecified atom stereocenters. The second-order valence-electron chi connectivity index (χ2n) is 3.82. The first kappa shape index (κ1) is 11.6. The molecule has 5 nitrogen and oxygen atoms in total. The molecule has 0 atom stereocenters. The predicted molar refractivity (Wildman–Crippen MR) is 55.2 cm³/mol. The van der Waals surface area contributed by atoms with Gasteiger partial charge < -0.3 is 15.4 Å². The van der Waals surface area contributed by atoms with E-state index in [4.69, 9.17) is 5.73 Å². The van der Waals surface area contributed by atoms with E-state index in [0.717, 1.165) is 6.42 Å². The number of nitrogens with two attached hydrogens (primary N) is 1. The highest BCUT2D eigenvalue weighted by Crippen LogP contribution is 2.18. The Balaban J connectivity index is 2.50. The summed E-state index contributed by atoms with van der Waals surface area (Å²) in [5.41, 5.74) is 6.08. The molecule has 1 aliphatic rings. The normalized spacial score (nSPS) is 16.2. The van der Waals surface area contributed by atoms with Crippen molar-refractivity contribution in [2.75, 3.05) is 13.1 Å². The van der Waals surface area contributed by atoms with Crippen molar-refractivity contribution < 1.29 is 14.3 Å². The fraction of sp³-hybridized carbons (Fsp3) is 0.600. The molecule has 0 bridgehead atoms. The molecular formula is C10H16N2O3. The van der Waals surface area contributed by atoms with Gasteiger partial charge in [-0.25, -0.2) is 9.59 Å². The Hall–Kier alpha value is -1.52. The number of rotatable bonds is 1. The van der Waals surface area contributed by atoms with Gasteiger partial charge in [0, 0.05) is 13.1 Å². The van der Waals surface area contributed by atoms with E-state index in [2.05, 4.69) is 18.6 Å². The summed E-state index contributed by atoms with van der Waals surface area (Å²) >= 11 is 0. The van der Waals surface area contributed by atoms with Crippen LogP contribution in [0.3, 0.4) is 0 Å². The van der Waals surface area contributed by atoms with E-state index in [-0.39, 0.29) is 0 Å². The smallest absolute Gasteiger partial charge is 0.359 e. The van der Waals surface area contributed by atoms with Crippen molar-refractivity contribution in [1.29, 1.82) is 0 Å². The number of hydrogen-bond donors (Lipinski definition) is 1. The van der Waals surface area contributed by atoms with Crippen LogP contribution in [0.25, 0.3) is 0 Å². The summed E-state index contributed by atoms with van der Waals surface area (Å²) in [4.78, 5) is 23.1. The quantitative estimate of drug-likeness (QED) is 0.528. The molecule has 5 heteroatoms. The molecule has 0 aromatic heterocycles. The molecule has 0 fully saturated rings. The van der Waals surface area contributed by atoms with E-state index in [1.165, 1.54) is 10.5 Å². The summed E-state index contributed by atoms with van der Waals surface area (Å²) in [6.07, 6.45) is 1.10. The van der Waals surface area contributed by atoms with Gasteiger partial charge >= 0.3 is 12.2 Å². The number of hydrogen-bond acceptors (Lipinski definition) is 3. The van der Waals surface area contributed by atoms with Crippen molar-refractivity contribution in [2.24, 2.45) is 11.7 Å². The van der Waals surface area contributed by atoms with Crippen LogP contribution in [0, 0.1) is 5.92 Å². The third-order valence-electron chi connectivity index (χ3n) is 2.43. The second kappa shape index (κ2) is 4.82. The first-order chi connectivity index (χ1) is 7.00. The van der Waals surface area contributed by atoms with Gasteiger partial charge in [0.05, 0.1) is 0 Å². The Morgan fingerprint density at radius 1 is 1.53 bits per heavy atom. The lowest BCUT2D eigenvalue weighted by atomic mass is 9.97. The van der Waals surface area contributed by atoms with Gasteiger partial charge in [-0.05, 0) is 12.3 Å². The van der Waals surface area contributed by atoms with Crippen LogP contribution in [-0.4, -0.2) is 30.2 Å². The molecule has 0 radical (unpaired) electrons. The first-order valence-electron chi connectivity index (χ1n) is 4.96. The lowest BCUT2D eigenvalue weighted by molar-refractivity contribution is 0.124. The van der Waals surface area contributed by atoms with Gasteiger partial charge in [0.1, 0.15) is 0 Å². The van der Waals surface area contributed by atoms with Crippen LogP contribution in [0.2, 0.25) is 0 Å². The van der Waals surface area contributed by atoms with Crippen LogP contribution < -0.4 is 5.73 Å². The summed E-state index contributed by atoms with van der Waals surface area (Å²) in [6.45, 7) is 5.29. The Kier molecular flexibility index (Phi) is 3.71. The molecule has 1 heterocycles. The van der Waals surface area contributed by atoms with Crippen molar-refractivity contribution in [1.82, 2.24) is 4.90 Å². The summed E-state index contributed by atoms with van der Waals surface area (Å²) in [5.74, 6) is 0.499. The van der Waals surface area contributed by atoms with E-state index in [0.29, 0.717) is 19.0 Å². The number of nitrogens with zero attached hydrogens (tertiary/aromatic N) is 1. The van der Waals surface area contributed by atoms with Gasteiger partial charge in [-0.2, -0.15) is 0 Å². The highest BCUT2D eigenvalue weighted by Gasteiger charge is 2.20. The highest BCUT2D eigenvalue weighted by atomic mass is 16.6. The van der Waals surface area contributed by atoms with Crippen molar-refractivity contribution in [3.63, 3.8) is 0 Å². The van der Waals surface area contributed by atoms with Crippen LogP contribution in [-0.2, 0) is 4.74 Å². The number of ether oxygens (including phenoxy) is 1. The Bertz CT molecular complexity index is 297. The standard InChI is InChI=1S/C10H16N2O3/c1-7(2)8-3-5-12(6-4-8)10(14)15-9(11)13/h3,7H,4-6H2,1-2H3,(H2,11,13). The average molecular weight is 212 g/mol. The Morgan fingerprint density at radius 3 is 2.60 bits per heavy atom. The Morgan fingerprint density at radius 2 is 2.20 bits per heavy atom. The van der Waals surface area contributed by atoms with Crippen molar-refractivity contribution in [3.8, 4) is 0 Å². The predicted octanol–water partition coefficient (Wildman–Crippen LogP) is 1.49. The molecule has 0 saturated carbocycles. The highest BCUT2D eigenvalue weighted by molar-refractivity contribution is 5.82. The number of carbonyl (C=O) groups is 2. The maximum atomic E-state index is 11.3. The molecular weight excluding hydrogens is 196 g/mol. The fourth-order valence-corrected chi connectivity index (χ4v) is 1.53. The van der Waals surface area contributed by atoms with Crippen molar-refractivity contribution in [3.05, 3.63) is 11.6 Å². The molecule has 0 aromatic carbocycles. The first-order valence-corrected chi connectivity index (χ1v) is 4.96. The topological polar surface area (TPSA) is 72.6 Å². The molecule has 2 N–H and O–H groups in total. The molecule has 0 spiro atoms. The van der Waals surface area contributed by atoms with E-state index >= 15 is 0 Å². The third-order valence-corrected chi connectivity index (χ3v) is 2.43. The number of amides is 2. The van der Waals surface area contributed by atoms with Crippen molar-refractivity contribution in [2.45, 2.75) is 20.3 Å². The molecule has 84 valence electrons. The summed E-state index contributed by atoms with van der Waals surface area (Å²) in [6, 6.07) is 0. The zero-order valence-corrected chi connectivity index (χ0v) is 9.03. The van der Waals surface area contributed by atoms with Gasteiger partial charge in [0.2, 0.25) is 0 Å². The average Bonchev–Trinajstić information content (AvgIpc) is 2.17. The maximum Gasteiger partial charge on any atom is 0.419 e. The minimum Gasteiger partial charge on any atom is -0.359 e. The molecule has 1 aliphatic heterocycles. The lowest BCUT2D eigenvalue weighted by Crippen LogP contribution is -2.37. The third kappa shape index (κ3) is 3.27. The zero-order chi connectivity index (χ0) is 11.4. The van der Waals surface area contributed by atoms with E-state index in [1.54, 1.807) is 0 Å². The van der Waals surface area contributed by atoms with Crippen molar-refractivity contribution >= 4 is 12.2 Å². The van der Waals surface area contributed by atoms with Crippen LogP contribution in [0.15, 0.2) is 11.6 Å². The van der Waals surface area contributed by atoms with E-state index in [1.807, 2.05) is 6.08 Å². The van der Waals surface area contributed by atoms with Gasteiger partial charge in [-0.15, -0.1) is 0 Å².